The number of aryl methyl sites for hydroxylation is 1. The van der Waals surface area contributed by atoms with Crippen molar-refractivity contribution in [3.8, 4) is 5.75 Å². The number of nitrogens with zero attached hydrogens (tertiary/aromatic N) is 3. The van der Waals surface area contributed by atoms with Gasteiger partial charge < -0.3 is 4.74 Å². The van der Waals surface area contributed by atoms with Crippen molar-refractivity contribution in [1.82, 2.24) is 15.2 Å². The van der Waals surface area contributed by atoms with E-state index in [0.29, 0.717) is 28.9 Å². The van der Waals surface area contributed by atoms with E-state index in [4.69, 9.17) is 16.3 Å². The number of anilines is 1. The molecule has 0 aliphatic heterocycles. The number of rotatable bonds is 12. The maximum atomic E-state index is 11.2. The molecule has 0 saturated carbocycles. The smallest absolute Gasteiger partial charge is 0.363 e. The molecule has 1 aromatic heterocycles. The van der Waals surface area contributed by atoms with Gasteiger partial charge in [-0.15, -0.1) is 0 Å². The van der Waals surface area contributed by atoms with Gasteiger partial charge in [0.25, 0.3) is 0 Å². The van der Waals surface area contributed by atoms with E-state index in [1.165, 1.54) is 38.5 Å². The number of H-pyrrole nitrogens is 1. The summed E-state index contributed by atoms with van der Waals surface area (Å²) in [6.45, 7) is 4.62. The predicted octanol–water partition coefficient (Wildman–Crippen LogP) is 4.70. The number of aromatic amines is 1. The lowest BCUT2D eigenvalue weighted by Gasteiger charge is -2.08. The summed E-state index contributed by atoms with van der Waals surface area (Å²) in [6.07, 6.45) is 10.3. The van der Waals surface area contributed by atoms with Gasteiger partial charge in [0.1, 0.15) is 11.4 Å². The zero-order chi connectivity index (χ0) is 20.2. The lowest BCUT2D eigenvalue weighted by molar-refractivity contribution is 0.304. The Balaban J connectivity index is 1.77. The molecule has 2 N–H and O–H groups in total. The van der Waals surface area contributed by atoms with E-state index in [-0.39, 0.29) is 0 Å². The molecule has 2 rings (SSSR count). The van der Waals surface area contributed by atoms with Crippen LogP contribution in [0.15, 0.2) is 28.1 Å². The monoisotopic (exact) mass is 405 g/mol. The van der Waals surface area contributed by atoms with Crippen LogP contribution >= 0.6 is 11.6 Å². The van der Waals surface area contributed by atoms with Crippen LogP contribution in [0.25, 0.3) is 0 Å². The SMILES string of the molecule is CCCCCCCCCOc1ccc(/C=N/Nc2nc(=O)[nH]nc2C)cc1Cl. The number of hydrogen-bond acceptors (Lipinski definition) is 6. The Morgan fingerprint density at radius 2 is 1.96 bits per heavy atom. The number of halogens is 1. The molecule has 0 spiro atoms. The van der Waals surface area contributed by atoms with Crippen molar-refractivity contribution in [3.05, 3.63) is 45.0 Å². The first-order chi connectivity index (χ1) is 13.6. The number of hydrazone groups is 1. The standard InChI is InChI=1S/C20H28ClN5O2/c1-3-4-5-6-7-8-9-12-28-18-11-10-16(13-17(18)21)14-22-25-19-15(2)24-26-20(27)23-19/h10-11,13-14H,3-9,12H2,1-2H3,(H2,23,25,26,27)/b22-14+. The van der Waals surface area contributed by atoms with Crippen molar-refractivity contribution in [2.45, 2.75) is 58.8 Å². The van der Waals surface area contributed by atoms with E-state index in [1.807, 2.05) is 12.1 Å². The van der Waals surface area contributed by atoms with Crippen molar-refractivity contribution in [3.63, 3.8) is 0 Å². The third kappa shape index (κ3) is 7.68. The summed E-state index contributed by atoms with van der Waals surface area (Å²) < 4.78 is 5.77. The predicted molar refractivity (Wildman–Crippen MR) is 114 cm³/mol. The van der Waals surface area contributed by atoms with E-state index in [0.717, 1.165) is 12.0 Å². The van der Waals surface area contributed by atoms with Crippen molar-refractivity contribution >= 4 is 23.6 Å². The minimum Gasteiger partial charge on any atom is -0.492 e. The maximum absolute atomic E-state index is 11.2. The Morgan fingerprint density at radius 3 is 2.71 bits per heavy atom. The lowest BCUT2D eigenvalue weighted by atomic mass is 10.1. The first-order valence-corrected chi connectivity index (χ1v) is 10.1. The number of aromatic nitrogens is 3. The summed E-state index contributed by atoms with van der Waals surface area (Å²) in [6, 6.07) is 5.49. The van der Waals surface area contributed by atoms with Gasteiger partial charge in [-0.2, -0.15) is 15.2 Å². The van der Waals surface area contributed by atoms with Crippen LogP contribution in [0.5, 0.6) is 5.75 Å². The van der Waals surface area contributed by atoms with Gasteiger partial charge in [0.05, 0.1) is 17.8 Å². The second-order valence-corrected chi connectivity index (χ2v) is 7.01. The molecule has 7 nitrogen and oxygen atoms in total. The highest BCUT2D eigenvalue weighted by molar-refractivity contribution is 6.32. The zero-order valence-corrected chi connectivity index (χ0v) is 17.3. The fraction of sp³-hybridized carbons (Fsp3) is 0.500. The van der Waals surface area contributed by atoms with E-state index in [2.05, 4.69) is 32.6 Å². The molecule has 2 aromatic rings. The van der Waals surface area contributed by atoms with Crippen LogP contribution in [0.2, 0.25) is 5.02 Å². The molecule has 152 valence electrons. The molecule has 0 saturated heterocycles. The van der Waals surface area contributed by atoms with Gasteiger partial charge in [0, 0.05) is 0 Å². The lowest BCUT2D eigenvalue weighted by Crippen LogP contribution is -2.15. The summed E-state index contributed by atoms with van der Waals surface area (Å²) in [5, 5.41) is 10.7. The highest BCUT2D eigenvalue weighted by atomic mass is 35.5. The normalized spacial score (nSPS) is 11.1. The van der Waals surface area contributed by atoms with E-state index in [1.54, 1.807) is 19.2 Å². The van der Waals surface area contributed by atoms with Gasteiger partial charge in [-0.1, -0.05) is 57.0 Å². The fourth-order valence-electron chi connectivity index (χ4n) is 2.62. The minimum absolute atomic E-state index is 0.306. The number of nitrogens with one attached hydrogen (secondary N) is 2. The van der Waals surface area contributed by atoms with Crippen molar-refractivity contribution < 1.29 is 4.74 Å². The highest BCUT2D eigenvalue weighted by Crippen LogP contribution is 2.25. The second kappa shape index (κ2) is 12.1. The molecule has 1 aromatic carbocycles. The van der Waals surface area contributed by atoms with Crippen LogP contribution in [-0.4, -0.2) is 28.0 Å². The molecule has 0 amide bonds. The van der Waals surface area contributed by atoms with Gasteiger partial charge in [-0.25, -0.2) is 9.89 Å². The van der Waals surface area contributed by atoms with Gasteiger partial charge in [0.15, 0.2) is 5.82 Å². The summed E-state index contributed by atoms with van der Waals surface area (Å²) in [5.74, 6) is 0.981. The Labute approximate surface area is 170 Å². The third-order valence-corrected chi connectivity index (χ3v) is 4.52. The maximum Gasteiger partial charge on any atom is 0.363 e. The van der Waals surface area contributed by atoms with Crippen molar-refractivity contribution in [2.24, 2.45) is 5.10 Å². The zero-order valence-electron chi connectivity index (χ0n) is 16.5. The summed E-state index contributed by atoms with van der Waals surface area (Å²) in [4.78, 5) is 15.0. The van der Waals surface area contributed by atoms with Gasteiger partial charge in [-0.05, 0) is 37.1 Å². The average Bonchev–Trinajstić information content (AvgIpc) is 2.68. The molecular weight excluding hydrogens is 378 g/mol. The van der Waals surface area contributed by atoms with Gasteiger partial charge >= 0.3 is 5.69 Å². The van der Waals surface area contributed by atoms with Crippen LogP contribution in [0.3, 0.4) is 0 Å². The molecule has 0 unspecified atom stereocenters. The Morgan fingerprint density at radius 1 is 1.21 bits per heavy atom. The van der Waals surface area contributed by atoms with Gasteiger partial charge in [0.2, 0.25) is 0 Å². The molecule has 0 aliphatic carbocycles. The Bertz CT molecular complexity index is 822. The highest BCUT2D eigenvalue weighted by Gasteiger charge is 2.03. The van der Waals surface area contributed by atoms with Crippen LogP contribution < -0.4 is 15.9 Å². The quantitative estimate of drug-likeness (QED) is 0.303. The number of ether oxygens (including phenoxy) is 1. The fourth-order valence-corrected chi connectivity index (χ4v) is 2.87. The summed E-state index contributed by atoms with van der Waals surface area (Å²) in [5.41, 5.74) is 3.52. The average molecular weight is 406 g/mol. The molecule has 0 atom stereocenters. The van der Waals surface area contributed by atoms with Crippen LogP contribution in [0, 0.1) is 6.92 Å². The third-order valence-electron chi connectivity index (χ3n) is 4.22. The summed E-state index contributed by atoms with van der Waals surface area (Å²) >= 11 is 6.29. The number of unbranched alkanes of at least 4 members (excludes halogenated alkanes) is 6. The topological polar surface area (TPSA) is 92.3 Å². The van der Waals surface area contributed by atoms with E-state index < -0.39 is 5.69 Å². The van der Waals surface area contributed by atoms with Crippen LogP contribution in [-0.2, 0) is 0 Å². The molecule has 0 radical (unpaired) electrons. The Kier molecular flexibility index (Phi) is 9.48. The van der Waals surface area contributed by atoms with E-state index >= 15 is 0 Å². The minimum atomic E-state index is -0.534. The molecule has 0 fully saturated rings. The first-order valence-electron chi connectivity index (χ1n) is 9.75. The van der Waals surface area contributed by atoms with Crippen molar-refractivity contribution in [2.75, 3.05) is 12.0 Å². The van der Waals surface area contributed by atoms with Crippen molar-refractivity contribution in [1.29, 1.82) is 0 Å². The molecule has 1 heterocycles. The molecule has 0 aliphatic rings. The molecular formula is C20H28ClN5O2. The van der Waals surface area contributed by atoms with Crippen LogP contribution in [0.4, 0.5) is 5.82 Å². The molecule has 8 heteroatoms. The summed E-state index contributed by atoms with van der Waals surface area (Å²) in [7, 11) is 0. The molecule has 28 heavy (non-hydrogen) atoms. The Hall–Kier alpha value is -2.41. The molecule has 0 bridgehead atoms. The second-order valence-electron chi connectivity index (χ2n) is 6.60. The van der Waals surface area contributed by atoms with Gasteiger partial charge in [-0.3, -0.25) is 5.43 Å². The number of hydrogen-bond donors (Lipinski definition) is 2. The van der Waals surface area contributed by atoms with E-state index in [9.17, 15) is 4.79 Å². The van der Waals surface area contributed by atoms with Crippen LogP contribution in [0.1, 0.15) is 63.1 Å². The largest absolute Gasteiger partial charge is 0.492 e. The number of benzene rings is 1. The first kappa shape index (κ1) is 21.9.